The van der Waals surface area contributed by atoms with E-state index in [2.05, 4.69) is 28.9 Å². The molecule has 6 heteroatoms. The molecule has 0 amide bonds. The van der Waals surface area contributed by atoms with E-state index in [9.17, 15) is 4.79 Å². The number of rotatable bonds is 3. The van der Waals surface area contributed by atoms with E-state index >= 15 is 0 Å². The lowest BCUT2D eigenvalue weighted by molar-refractivity contribution is -0.243. The maximum atomic E-state index is 12.5. The summed E-state index contributed by atoms with van der Waals surface area (Å²) in [6, 6.07) is 3.59. The van der Waals surface area contributed by atoms with E-state index in [0.29, 0.717) is 5.92 Å². The van der Waals surface area contributed by atoms with E-state index in [0.717, 1.165) is 38.4 Å². The lowest BCUT2D eigenvalue weighted by Gasteiger charge is -2.58. The Morgan fingerprint density at radius 3 is 2.75 bits per heavy atom. The quantitative estimate of drug-likeness (QED) is 0.793. The number of hydrogen-bond donors (Lipinski definition) is 0. The van der Waals surface area contributed by atoms with Crippen molar-refractivity contribution >= 4 is 11.8 Å². The molecule has 3 aliphatic rings. The number of esters is 1. The van der Waals surface area contributed by atoms with Crippen LogP contribution in [0.25, 0.3) is 0 Å². The van der Waals surface area contributed by atoms with E-state index in [1.165, 1.54) is 12.8 Å². The Morgan fingerprint density at radius 2 is 2.04 bits per heavy atom. The lowest BCUT2D eigenvalue weighted by atomic mass is 9.57. The Bertz CT molecular complexity index is 610. The molecule has 6 nitrogen and oxygen atoms in total. The molecule has 3 heterocycles. The first kappa shape index (κ1) is 15.8. The number of fused-ring (bicyclic) bond motifs is 1. The molecule has 1 aliphatic carbocycles. The Balaban J connectivity index is 1.42. The molecule has 3 fully saturated rings. The van der Waals surface area contributed by atoms with Gasteiger partial charge in [0.15, 0.2) is 11.5 Å². The Morgan fingerprint density at radius 1 is 1.25 bits per heavy atom. The van der Waals surface area contributed by atoms with E-state index in [1.807, 2.05) is 6.07 Å². The molecule has 0 N–H and O–H groups in total. The molecule has 1 aromatic heterocycles. The van der Waals surface area contributed by atoms with Crippen LogP contribution in [0, 0.1) is 11.3 Å². The summed E-state index contributed by atoms with van der Waals surface area (Å²) in [6.07, 6.45) is 4.57. The number of carbonyl (C=O) groups is 1. The van der Waals surface area contributed by atoms with Crippen LogP contribution in [0.4, 0.5) is 5.82 Å². The van der Waals surface area contributed by atoms with Crippen molar-refractivity contribution in [1.29, 1.82) is 0 Å². The zero-order valence-corrected chi connectivity index (χ0v) is 14.4. The van der Waals surface area contributed by atoms with Crippen LogP contribution >= 0.6 is 0 Å². The zero-order chi connectivity index (χ0) is 16.7. The second-order valence-electron chi connectivity index (χ2n) is 7.72. The van der Waals surface area contributed by atoms with Crippen LogP contribution in [0.2, 0.25) is 0 Å². The SMILES string of the molecule is CC1(C)[C@@H]2OCCC[C@@H]2[C@@H]1OC(=O)c1ccc(N2CCCC2)nn1. The van der Waals surface area contributed by atoms with E-state index < -0.39 is 0 Å². The van der Waals surface area contributed by atoms with E-state index in [-0.39, 0.29) is 29.3 Å². The normalized spacial score (nSPS) is 31.2. The molecular weight excluding hydrogens is 306 g/mol. The van der Waals surface area contributed by atoms with Gasteiger partial charge in [-0.15, -0.1) is 10.2 Å². The molecule has 2 aliphatic heterocycles. The first-order chi connectivity index (χ1) is 11.6. The minimum absolute atomic E-state index is 0.102. The summed E-state index contributed by atoms with van der Waals surface area (Å²) in [7, 11) is 0. The van der Waals surface area contributed by atoms with Crippen molar-refractivity contribution in [3.05, 3.63) is 17.8 Å². The summed E-state index contributed by atoms with van der Waals surface area (Å²) in [5.74, 6) is 0.779. The second kappa shape index (κ2) is 5.99. The molecule has 0 aromatic carbocycles. The van der Waals surface area contributed by atoms with E-state index in [4.69, 9.17) is 9.47 Å². The van der Waals surface area contributed by atoms with Gasteiger partial charge >= 0.3 is 5.97 Å². The largest absolute Gasteiger partial charge is 0.457 e. The molecular formula is C18H25N3O3. The van der Waals surface area contributed by atoms with Crippen molar-refractivity contribution in [2.24, 2.45) is 11.3 Å². The molecule has 1 aromatic rings. The van der Waals surface area contributed by atoms with Crippen molar-refractivity contribution in [2.45, 2.75) is 51.7 Å². The summed E-state index contributed by atoms with van der Waals surface area (Å²) in [5, 5.41) is 8.29. The molecule has 0 bridgehead atoms. The topological polar surface area (TPSA) is 64.6 Å². The highest BCUT2D eigenvalue weighted by atomic mass is 16.6. The zero-order valence-electron chi connectivity index (χ0n) is 14.4. The summed E-state index contributed by atoms with van der Waals surface area (Å²) >= 11 is 0. The fourth-order valence-corrected chi connectivity index (χ4v) is 4.44. The van der Waals surface area contributed by atoms with Gasteiger partial charge in [-0.3, -0.25) is 0 Å². The highest BCUT2D eigenvalue weighted by molar-refractivity contribution is 5.87. The van der Waals surface area contributed by atoms with Crippen LogP contribution < -0.4 is 4.90 Å². The van der Waals surface area contributed by atoms with Gasteiger partial charge in [-0.1, -0.05) is 13.8 Å². The van der Waals surface area contributed by atoms with Crippen molar-refractivity contribution in [1.82, 2.24) is 10.2 Å². The highest BCUT2D eigenvalue weighted by Gasteiger charge is 2.60. The van der Waals surface area contributed by atoms with Gasteiger partial charge in [0.2, 0.25) is 0 Å². The van der Waals surface area contributed by atoms with Gasteiger partial charge in [-0.25, -0.2) is 4.79 Å². The minimum atomic E-state index is -0.377. The first-order valence-electron chi connectivity index (χ1n) is 8.98. The fourth-order valence-electron chi connectivity index (χ4n) is 4.44. The fraction of sp³-hybridized carbons (Fsp3) is 0.722. The van der Waals surface area contributed by atoms with Gasteiger partial charge in [0, 0.05) is 31.0 Å². The van der Waals surface area contributed by atoms with Crippen molar-refractivity contribution < 1.29 is 14.3 Å². The van der Waals surface area contributed by atoms with Crippen molar-refractivity contribution in [2.75, 3.05) is 24.6 Å². The number of hydrogen-bond acceptors (Lipinski definition) is 6. The van der Waals surface area contributed by atoms with Crippen LogP contribution in [-0.4, -0.2) is 48.1 Å². The number of ether oxygens (including phenoxy) is 2. The number of carbonyl (C=O) groups excluding carboxylic acids is 1. The molecule has 130 valence electrons. The van der Waals surface area contributed by atoms with Gasteiger partial charge < -0.3 is 14.4 Å². The van der Waals surface area contributed by atoms with Crippen molar-refractivity contribution in [3.63, 3.8) is 0 Å². The summed E-state index contributed by atoms with van der Waals surface area (Å²) in [6.45, 7) is 7.06. The van der Waals surface area contributed by atoms with Gasteiger partial charge in [-0.05, 0) is 37.8 Å². The molecule has 24 heavy (non-hydrogen) atoms. The average Bonchev–Trinajstić information content (AvgIpc) is 3.14. The van der Waals surface area contributed by atoms with E-state index in [1.54, 1.807) is 6.07 Å². The second-order valence-corrected chi connectivity index (χ2v) is 7.72. The first-order valence-corrected chi connectivity index (χ1v) is 8.98. The summed E-state index contributed by atoms with van der Waals surface area (Å²) in [4.78, 5) is 14.7. The van der Waals surface area contributed by atoms with Gasteiger partial charge in [-0.2, -0.15) is 0 Å². The monoisotopic (exact) mass is 331 g/mol. The molecule has 0 radical (unpaired) electrons. The Labute approximate surface area is 142 Å². The molecule has 0 unspecified atom stereocenters. The maximum Gasteiger partial charge on any atom is 0.359 e. The predicted octanol–water partition coefficient (Wildman–Crippen LogP) is 2.44. The number of aromatic nitrogens is 2. The maximum absolute atomic E-state index is 12.5. The smallest absolute Gasteiger partial charge is 0.359 e. The predicted molar refractivity (Wildman–Crippen MR) is 88.9 cm³/mol. The minimum Gasteiger partial charge on any atom is -0.457 e. The van der Waals surface area contributed by atoms with Gasteiger partial charge in [0.1, 0.15) is 6.10 Å². The van der Waals surface area contributed by atoms with Crippen LogP contribution in [0.15, 0.2) is 12.1 Å². The van der Waals surface area contributed by atoms with Crippen LogP contribution in [-0.2, 0) is 9.47 Å². The molecule has 2 saturated heterocycles. The lowest BCUT2D eigenvalue weighted by Crippen LogP contribution is -2.65. The molecule has 3 atom stereocenters. The Hall–Kier alpha value is -1.69. The summed E-state index contributed by atoms with van der Waals surface area (Å²) in [5.41, 5.74) is 0.151. The standard InChI is InChI=1S/C18H25N3O3/c1-18(2)15-12(6-5-11-23-15)16(18)24-17(22)13-7-8-14(20-19-13)21-9-3-4-10-21/h7-8,12,15-16H,3-6,9-11H2,1-2H3/t12-,15+,16-/m0/s1. The molecule has 4 rings (SSSR count). The van der Waals surface area contributed by atoms with Gasteiger partial charge in [0.05, 0.1) is 6.10 Å². The Kier molecular flexibility index (Phi) is 3.95. The molecule has 1 saturated carbocycles. The number of nitrogens with zero attached hydrogens (tertiary/aromatic N) is 3. The third-order valence-electron chi connectivity index (χ3n) is 5.75. The third kappa shape index (κ3) is 2.57. The van der Waals surface area contributed by atoms with Crippen LogP contribution in [0.3, 0.4) is 0 Å². The van der Waals surface area contributed by atoms with Crippen LogP contribution in [0.5, 0.6) is 0 Å². The highest BCUT2D eigenvalue weighted by Crippen LogP contribution is 2.53. The summed E-state index contributed by atoms with van der Waals surface area (Å²) < 4.78 is 11.6. The molecule has 0 spiro atoms. The van der Waals surface area contributed by atoms with Gasteiger partial charge in [0.25, 0.3) is 0 Å². The van der Waals surface area contributed by atoms with Crippen LogP contribution in [0.1, 0.15) is 50.0 Å². The van der Waals surface area contributed by atoms with Crippen molar-refractivity contribution in [3.8, 4) is 0 Å². The number of anilines is 1. The third-order valence-corrected chi connectivity index (χ3v) is 5.75. The average molecular weight is 331 g/mol.